The van der Waals surface area contributed by atoms with Crippen LogP contribution in [-0.2, 0) is 19.0 Å². The zero-order chi connectivity index (χ0) is 37.3. The Kier molecular flexibility index (Phi) is 10.5. The van der Waals surface area contributed by atoms with E-state index in [1.165, 1.54) is 36.5 Å². The summed E-state index contributed by atoms with van der Waals surface area (Å²) >= 11 is 8.25. The third kappa shape index (κ3) is 8.69. The third-order valence-electron chi connectivity index (χ3n) is 6.72. The molecule has 12 nitrogen and oxygen atoms in total. The van der Waals surface area contributed by atoms with Crippen molar-refractivity contribution < 1.29 is 49.4 Å². The van der Waals surface area contributed by atoms with E-state index in [2.05, 4.69) is 40.9 Å². The van der Waals surface area contributed by atoms with Crippen molar-refractivity contribution in [3.8, 4) is 11.6 Å². The largest absolute Gasteiger partial charge is 0.573 e. The number of tetrazole rings is 1. The van der Waals surface area contributed by atoms with Crippen LogP contribution in [0.25, 0.3) is 5.82 Å². The molecule has 2 N–H and O–H groups in total. The molecule has 5 rings (SSSR count). The average molecular weight is 856 g/mol. The molecule has 0 radical (unpaired) electrons. The molecule has 2 aromatic carbocycles. The Morgan fingerprint density at radius 3 is 2.31 bits per heavy atom. The summed E-state index contributed by atoms with van der Waals surface area (Å²) in [6.07, 6.45) is -9.52. The van der Waals surface area contributed by atoms with Gasteiger partial charge >= 0.3 is 18.5 Å². The van der Waals surface area contributed by atoms with Crippen molar-refractivity contribution in [3.63, 3.8) is 0 Å². The van der Waals surface area contributed by atoms with Gasteiger partial charge in [-0.05, 0) is 88.3 Å². The number of aryl methyl sites for hydroxylation is 1. The molecule has 0 aliphatic heterocycles. The maximum atomic E-state index is 13.8. The van der Waals surface area contributed by atoms with Crippen molar-refractivity contribution in [3.05, 3.63) is 103 Å². The molecule has 5 aromatic rings. The Morgan fingerprint density at radius 2 is 1.67 bits per heavy atom. The van der Waals surface area contributed by atoms with Crippen LogP contribution in [0.5, 0.6) is 5.75 Å². The number of rotatable bonds is 10. The molecular weight excluding hydrogens is 837 g/mol. The van der Waals surface area contributed by atoms with Crippen LogP contribution in [-0.4, -0.2) is 59.3 Å². The van der Waals surface area contributed by atoms with Gasteiger partial charge in [-0.25, -0.2) is 9.67 Å². The molecule has 0 bridgehead atoms. The number of carbonyl (C=O) groups excluding carboxylic acids is 2. The average Bonchev–Trinajstić information content (AvgIpc) is 3.69. The van der Waals surface area contributed by atoms with Gasteiger partial charge in [0.1, 0.15) is 18.0 Å². The highest BCUT2D eigenvalue weighted by molar-refractivity contribution is 14.1. The lowest BCUT2D eigenvalue weighted by Crippen LogP contribution is -2.35. The topological polar surface area (TPSA) is 142 Å². The summed E-state index contributed by atoms with van der Waals surface area (Å²) in [5.41, 5.74) is 0.593. The van der Waals surface area contributed by atoms with E-state index in [-0.39, 0.29) is 40.0 Å². The van der Waals surface area contributed by atoms with E-state index < -0.39 is 48.4 Å². The van der Waals surface area contributed by atoms with Gasteiger partial charge in [0.2, 0.25) is 0 Å². The van der Waals surface area contributed by atoms with Crippen molar-refractivity contribution in [2.24, 2.45) is 0 Å². The molecule has 0 saturated heterocycles. The molecule has 268 valence electrons. The number of anilines is 1. The van der Waals surface area contributed by atoms with Gasteiger partial charge in [-0.3, -0.25) is 9.59 Å². The minimum absolute atomic E-state index is 0.0110. The van der Waals surface area contributed by atoms with E-state index >= 15 is 0 Å². The van der Waals surface area contributed by atoms with Gasteiger partial charge in [-0.1, -0.05) is 23.7 Å². The number of halogens is 10. The molecule has 0 spiro atoms. The van der Waals surface area contributed by atoms with E-state index in [4.69, 9.17) is 11.6 Å². The molecule has 0 unspecified atom stereocenters. The fourth-order valence-electron chi connectivity index (χ4n) is 4.42. The second-order valence-electron chi connectivity index (χ2n) is 10.4. The number of hydrogen-bond acceptors (Lipinski definition) is 8. The highest BCUT2D eigenvalue weighted by atomic mass is 127. The first-order valence-corrected chi connectivity index (χ1v) is 15.4. The zero-order valence-corrected chi connectivity index (χ0v) is 28.2. The normalized spacial score (nSPS) is 12.1. The summed E-state index contributed by atoms with van der Waals surface area (Å²) in [6.45, 7) is 0.888. The van der Waals surface area contributed by atoms with Gasteiger partial charge in [-0.2, -0.15) is 31.8 Å². The van der Waals surface area contributed by atoms with E-state index in [0.29, 0.717) is 19.5 Å². The van der Waals surface area contributed by atoms with Crippen LogP contribution in [0.1, 0.15) is 43.5 Å². The van der Waals surface area contributed by atoms with Crippen molar-refractivity contribution in [1.29, 1.82) is 0 Å². The number of amides is 2. The Balaban J connectivity index is 1.42. The van der Waals surface area contributed by atoms with E-state index in [0.717, 1.165) is 22.9 Å². The Morgan fingerprint density at radius 1 is 0.961 bits per heavy atom. The Bertz CT molecular complexity index is 2090. The fourth-order valence-corrected chi connectivity index (χ4v) is 5.40. The minimum Gasteiger partial charge on any atom is -0.406 e. The zero-order valence-electron chi connectivity index (χ0n) is 25.3. The first kappa shape index (κ1) is 37.3. The smallest absolute Gasteiger partial charge is 0.406 e. The summed E-state index contributed by atoms with van der Waals surface area (Å²) in [5, 5.41) is 18.7. The molecule has 0 atom stereocenters. The third-order valence-corrected chi connectivity index (χ3v) is 7.64. The van der Waals surface area contributed by atoms with Crippen LogP contribution in [0.2, 0.25) is 5.02 Å². The van der Waals surface area contributed by atoms with Gasteiger partial charge in [0, 0.05) is 16.3 Å². The standard InChI is InChI=1S/C29H19ClF8IN9O3/c1-14-9-16(39)10-19(24(49)41-12-15-4-6-18(7-5-15)51-29(36,37)38)22(14)42-25(50)21-11-17(44-48(21)23-20(30)3-2-8-40-23)13-47-45-26(43-46-47)27(31,32)28(33,34)35/h2-11H,12-13H2,1H3,(H,41,49)(H,42,50). The van der Waals surface area contributed by atoms with Crippen LogP contribution < -0.4 is 15.4 Å². The summed E-state index contributed by atoms with van der Waals surface area (Å²) in [4.78, 5) is 31.7. The summed E-state index contributed by atoms with van der Waals surface area (Å²) in [5.74, 6) is -9.32. The molecule has 22 heteroatoms. The Labute approximate surface area is 299 Å². The molecule has 0 aliphatic rings. The SMILES string of the molecule is Cc1cc(I)cc(C(=O)NCc2ccc(OC(F)(F)F)cc2)c1NC(=O)c1cc(Cn2nnc(C(F)(F)C(F)(F)F)n2)nn1-c1ncccc1Cl. The van der Waals surface area contributed by atoms with Gasteiger partial charge in [0.25, 0.3) is 17.6 Å². The highest BCUT2D eigenvalue weighted by Gasteiger charge is 2.62. The number of ether oxygens (including phenoxy) is 1. The predicted molar refractivity (Wildman–Crippen MR) is 169 cm³/mol. The maximum absolute atomic E-state index is 13.8. The summed E-state index contributed by atoms with van der Waals surface area (Å²) in [7, 11) is 0. The second kappa shape index (κ2) is 14.4. The van der Waals surface area contributed by atoms with E-state index in [9.17, 15) is 44.7 Å². The van der Waals surface area contributed by atoms with Gasteiger partial charge < -0.3 is 15.4 Å². The van der Waals surface area contributed by atoms with Crippen molar-refractivity contribution in [1.82, 2.24) is 40.3 Å². The lowest BCUT2D eigenvalue weighted by Gasteiger charge is -2.16. The van der Waals surface area contributed by atoms with Crippen LogP contribution in [0.4, 0.5) is 40.8 Å². The second-order valence-corrected chi connectivity index (χ2v) is 12.1. The fraction of sp³-hybridized carbons (Fsp3) is 0.207. The molecule has 3 aromatic heterocycles. The van der Waals surface area contributed by atoms with Crippen molar-refractivity contribution in [2.75, 3.05) is 5.32 Å². The lowest BCUT2D eigenvalue weighted by atomic mass is 10.1. The number of carbonyl (C=O) groups is 2. The molecule has 0 fully saturated rings. The van der Waals surface area contributed by atoms with Crippen LogP contribution in [0, 0.1) is 10.5 Å². The summed E-state index contributed by atoms with van der Waals surface area (Å²) < 4.78 is 109. The number of pyridine rings is 1. The lowest BCUT2D eigenvalue weighted by molar-refractivity contribution is -0.292. The number of benzene rings is 2. The van der Waals surface area contributed by atoms with Gasteiger partial charge in [-0.15, -0.1) is 23.4 Å². The van der Waals surface area contributed by atoms with Crippen molar-refractivity contribution >= 4 is 51.7 Å². The number of nitrogens with zero attached hydrogens (tertiary/aromatic N) is 7. The number of nitrogens with one attached hydrogen (secondary N) is 2. The molecule has 3 heterocycles. The maximum Gasteiger partial charge on any atom is 0.573 e. The molecule has 0 aliphatic carbocycles. The molecule has 0 saturated carbocycles. The van der Waals surface area contributed by atoms with Crippen molar-refractivity contribution in [2.45, 2.75) is 38.5 Å². The monoisotopic (exact) mass is 855 g/mol. The minimum atomic E-state index is -5.98. The molecule has 2 amide bonds. The first-order valence-electron chi connectivity index (χ1n) is 14.0. The quantitative estimate of drug-likeness (QED) is 0.118. The van der Waals surface area contributed by atoms with E-state index in [1.807, 2.05) is 22.6 Å². The predicted octanol–water partition coefficient (Wildman–Crippen LogP) is 6.60. The Hall–Kier alpha value is -4.93. The van der Waals surface area contributed by atoms with Crippen LogP contribution in [0.15, 0.2) is 60.8 Å². The molecule has 51 heavy (non-hydrogen) atoms. The number of aromatic nitrogens is 7. The van der Waals surface area contributed by atoms with E-state index in [1.54, 1.807) is 13.0 Å². The molecular formula is C29H19ClF8IN9O3. The number of alkyl halides is 8. The van der Waals surface area contributed by atoms with Crippen LogP contribution in [0.3, 0.4) is 0 Å². The van der Waals surface area contributed by atoms with Gasteiger partial charge in [0.05, 0.1) is 22.0 Å². The number of hydrogen-bond donors (Lipinski definition) is 2. The highest BCUT2D eigenvalue weighted by Crippen LogP contribution is 2.42. The summed E-state index contributed by atoms with van der Waals surface area (Å²) in [6, 6.07) is 12.0. The van der Waals surface area contributed by atoms with Gasteiger partial charge in [0.15, 0.2) is 5.82 Å². The van der Waals surface area contributed by atoms with Crippen LogP contribution >= 0.6 is 34.2 Å². The first-order chi connectivity index (χ1) is 23.8.